The molecule has 1 atom stereocenters. The number of carbonyl (C=O) groups is 1. The monoisotopic (exact) mass is 346 g/mol. The lowest BCUT2D eigenvalue weighted by Gasteiger charge is -2.09. The van der Waals surface area contributed by atoms with Gasteiger partial charge in [0.15, 0.2) is 0 Å². The largest absolute Gasteiger partial charge is 0.466 e. The van der Waals surface area contributed by atoms with Crippen molar-refractivity contribution >= 4 is 17.6 Å². The third-order valence-corrected chi connectivity index (χ3v) is 4.77. The number of hydrogen-bond donors (Lipinski definition) is 0. The van der Waals surface area contributed by atoms with Crippen LogP contribution in [0.25, 0.3) is 0 Å². The lowest BCUT2D eigenvalue weighted by atomic mass is 10.0. The SMILES string of the molecule is CCCCCCCCCCC(Cl)CCCCCCCOC(C)=O. The van der Waals surface area contributed by atoms with Crippen molar-refractivity contribution in [2.45, 2.75) is 116 Å². The Morgan fingerprint density at radius 3 is 1.70 bits per heavy atom. The van der Waals surface area contributed by atoms with Crippen LogP contribution >= 0.6 is 11.6 Å². The molecule has 0 fully saturated rings. The first-order valence-electron chi connectivity index (χ1n) is 9.94. The van der Waals surface area contributed by atoms with E-state index in [9.17, 15) is 4.79 Å². The molecule has 0 aliphatic rings. The molecule has 0 aliphatic carbocycles. The van der Waals surface area contributed by atoms with Gasteiger partial charge in [-0.05, 0) is 19.3 Å². The van der Waals surface area contributed by atoms with Crippen molar-refractivity contribution in [2.75, 3.05) is 6.61 Å². The average Bonchev–Trinajstić information content (AvgIpc) is 2.52. The topological polar surface area (TPSA) is 26.3 Å². The van der Waals surface area contributed by atoms with E-state index in [1.54, 1.807) is 0 Å². The maximum Gasteiger partial charge on any atom is 0.302 e. The van der Waals surface area contributed by atoms with Crippen LogP contribution in [0.2, 0.25) is 0 Å². The van der Waals surface area contributed by atoms with Crippen molar-refractivity contribution in [2.24, 2.45) is 0 Å². The van der Waals surface area contributed by atoms with Crippen molar-refractivity contribution in [3.63, 3.8) is 0 Å². The zero-order chi connectivity index (χ0) is 17.2. The van der Waals surface area contributed by atoms with Gasteiger partial charge in [0, 0.05) is 12.3 Å². The Morgan fingerprint density at radius 1 is 0.783 bits per heavy atom. The van der Waals surface area contributed by atoms with Gasteiger partial charge in [-0.3, -0.25) is 4.79 Å². The number of ether oxygens (including phenoxy) is 1. The molecule has 0 saturated heterocycles. The molecule has 0 rings (SSSR count). The molecule has 0 heterocycles. The Morgan fingerprint density at radius 2 is 1.22 bits per heavy atom. The molecule has 0 N–H and O–H groups in total. The van der Waals surface area contributed by atoms with Crippen LogP contribution in [0.3, 0.4) is 0 Å². The van der Waals surface area contributed by atoms with Crippen LogP contribution in [0, 0.1) is 0 Å². The summed E-state index contributed by atoms with van der Waals surface area (Å²) in [5, 5.41) is 0.371. The Bertz CT molecular complexity index is 256. The highest BCUT2D eigenvalue weighted by Gasteiger charge is 2.04. The zero-order valence-electron chi connectivity index (χ0n) is 15.6. The summed E-state index contributed by atoms with van der Waals surface area (Å²) in [5.74, 6) is -0.170. The second-order valence-corrected chi connectivity index (χ2v) is 7.37. The van der Waals surface area contributed by atoms with Gasteiger partial charge in [0.25, 0.3) is 0 Å². The van der Waals surface area contributed by atoms with E-state index < -0.39 is 0 Å². The molecule has 23 heavy (non-hydrogen) atoms. The lowest BCUT2D eigenvalue weighted by molar-refractivity contribution is -0.141. The first-order chi connectivity index (χ1) is 11.2. The van der Waals surface area contributed by atoms with Crippen LogP contribution in [-0.4, -0.2) is 18.0 Å². The van der Waals surface area contributed by atoms with E-state index in [0.717, 1.165) is 19.3 Å². The van der Waals surface area contributed by atoms with Gasteiger partial charge < -0.3 is 4.74 Å². The fourth-order valence-electron chi connectivity index (χ4n) is 2.86. The maximum absolute atomic E-state index is 10.6. The summed E-state index contributed by atoms with van der Waals surface area (Å²) < 4.78 is 4.92. The van der Waals surface area contributed by atoms with Gasteiger partial charge in [0.2, 0.25) is 0 Å². The van der Waals surface area contributed by atoms with E-state index in [-0.39, 0.29) is 5.97 Å². The number of alkyl halides is 1. The first kappa shape index (κ1) is 22.8. The van der Waals surface area contributed by atoms with Gasteiger partial charge in [0.1, 0.15) is 0 Å². The van der Waals surface area contributed by atoms with Crippen molar-refractivity contribution < 1.29 is 9.53 Å². The molecule has 1 unspecified atom stereocenters. The minimum Gasteiger partial charge on any atom is -0.466 e. The second kappa shape index (κ2) is 18.1. The van der Waals surface area contributed by atoms with Crippen LogP contribution in [-0.2, 0) is 9.53 Å². The summed E-state index contributed by atoms with van der Waals surface area (Å²) >= 11 is 6.40. The highest BCUT2D eigenvalue weighted by atomic mass is 35.5. The second-order valence-electron chi connectivity index (χ2n) is 6.76. The molecule has 0 spiro atoms. The van der Waals surface area contributed by atoms with Gasteiger partial charge in [-0.25, -0.2) is 0 Å². The summed E-state index contributed by atoms with van der Waals surface area (Å²) in [6, 6.07) is 0. The molecule has 2 nitrogen and oxygen atoms in total. The predicted octanol–water partition coefficient (Wildman–Crippen LogP) is 7.03. The Labute approximate surface area is 149 Å². The quantitative estimate of drug-likeness (QED) is 0.160. The highest BCUT2D eigenvalue weighted by Crippen LogP contribution is 2.18. The number of unbranched alkanes of at least 4 members (excludes halogenated alkanes) is 11. The first-order valence-corrected chi connectivity index (χ1v) is 10.4. The highest BCUT2D eigenvalue weighted by molar-refractivity contribution is 6.20. The van der Waals surface area contributed by atoms with Crippen molar-refractivity contribution in [1.82, 2.24) is 0 Å². The summed E-state index contributed by atoms with van der Waals surface area (Å²) in [6.07, 6.45) is 19.2. The minimum atomic E-state index is -0.170. The van der Waals surface area contributed by atoms with Gasteiger partial charge in [0.05, 0.1) is 6.61 Å². The smallest absolute Gasteiger partial charge is 0.302 e. The molecular weight excluding hydrogens is 308 g/mol. The van der Waals surface area contributed by atoms with E-state index in [1.807, 2.05) is 0 Å². The van der Waals surface area contributed by atoms with E-state index in [0.29, 0.717) is 12.0 Å². The van der Waals surface area contributed by atoms with E-state index in [1.165, 1.54) is 84.0 Å². The standard InChI is InChI=1S/C20H39ClO2/c1-3-4-5-6-7-8-10-13-16-20(21)17-14-11-9-12-15-18-23-19(2)22/h20H,3-18H2,1-2H3. The maximum atomic E-state index is 10.6. The number of halogens is 1. The molecule has 0 aromatic rings. The molecule has 0 aromatic heterocycles. The molecule has 0 saturated carbocycles. The lowest BCUT2D eigenvalue weighted by Crippen LogP contribution is -2.00. The predicted molar refractivity (Wildman–Crippen MR) is 101 cm³/mol. The van der Waals surface area contributed by atoms with Gasteiger partial charge >= 0.3 is 5.97 Å². The molecule has 3 heteroatoms. The minimum absolute atomic E-state index is 0.170. The molecule has 0 aromatic carbocycles. The number of esters is 1. The number of carbonyl (C=O) groups excluding carboxylic acids is 1. The molecule has 0 amide bonds. The molecule has 0 bridgehead atoms. The van der Waals surface area contributed by atoms with Gasteiger partial charge in [-0.2, -0.15) is 0 Å². The molecule has 0 radical (unpaired) electrons. The van der Waals surface area contributed by atoms with Crippen LogP contribution in [0.15, 0.2) is 0 Å². The van der Waals surface area contributed by atoms with Crippen LogP contribution in [0.4, 0.5) is 0 Å². The summed E-state index contributed by atoms with van der Waals surface area (Å²) in [5.41, 5.74) is 0. The molecule has 0 aliphatic heterocycles. The van der Waals surface area contributed by atoms with Gasteiger partial charge in [-0.1, -0.05) is 84.0 Å². The molecule has 138 valence electrons. The Balaban J connectivity index is 3.16. The Hall–Kier alpha value is -0.240. The van der Waals surface area contributed by atoms with Crippen LogP contribution in [0.5, 0.6) is 0 Å². The third kappa shape index (κ3) is 19.7. The fourth-order valence-corrected chi connectivity index (χ4v) is 3.17. The van der Waals surface area contributed by atoms with Crippen LogP contribution in [0.1, 0.15) is 110 Å². The molecular formula is C20H39ClO2. The summed E-state index contributed by atoms with van der Waals surface area (Å²) in [7, 11) is 0. The normalized spacial score (nSPS) is 12.3. The summed E-state index contributed by atoms with van der Waals surface area (Å²) in [4.78, 5) is 10.6. The summed E-state index contributed by atoms with van der Waals surface area (Å²) in [6.45, 7) is 4.31. The van der Waals surface area contributed by atoms with Crippen LogP contribution < -0.4 is 0 Å². The average molecular weight is 347 g/mol. The fraction of sp³-hybridized carbons (Fsp3) is 0.950. The third-order valence-electron chi connectivity index (χ3n) is 4.34. The van der Waals surface area contributed by atoms with E-state index in [4.69, 9.17) is 16.3 Å². The van der Waals surface area contributed by atoms with Crippen molar-refractivity contribution in [3.05, 3.63) is 0 Å². The number of rotatable bonds is 17. The van der Waals surface area contributed by atoms with E-state index in [2.05, 4.69) is 6.92 Å². The Kier molecular flexibility index (Phi) is 17.9. The number of hydrogen-bond acceptors (Lipinski definition) is 2. The van der Waals surface area contributed by atoms with Crippen molar-refractivity contribution in [3.8, 4) is 0 Å². The van der Waals surface area contributed by atoms with Gasteiger partial charge in [-0.15, -0.1) is 11.6 Å². The zero-order valence-corrected chi connectivity index (χ0v) is 16.3. The van der Waals surface area contributed by atoms with Crippen molar-refractivity contribution in [1.29, 1.82) is 0 Å². The van der Waals surface area contributed by atoms with E-state index >= 15 is 0 Å².